The highest BCUT2D eigenvalue weighted by molar-refractivity contribution is 6.11. The standard InChI is InChI=1S/C74H80F2N2O4/c1-43-31-59(69(79)65(33-43)77-61-25-19-47(71(3,4)5)35-53(61)54-36-48(72(6,7)8)20-26-62(54)77)57-39-51(75)23-29-67(57)81-41-45-17-15-16-18-46(45)42-82-68-30-24-52(76)40-58(68)60-32-44(2)34-66(70(60)80)78-63-27-21-49(73(9,10)11)37-55(63)56-38-50(74(12,13)14)22-28-64(56)78/h19-40,45-46,79-80H,15-18,41-42H2,1-14H3. The van der Waals surface area contributed by atoms with Crippen LogP contribution in [0.4, 0.5) is 8.78 Å². The van der Waals surface area contributed by atoms with Gasteiger partial charge in [0.05, 0.1) is 46.7 Å². The third-order valence-electron chi connectivity index (χ3n) is 17.4. The summed E-state index contributed by atoms with van der Waals surface area (Å²) in [6.07, 6.45) is 3.85. The molecule has 2 atom stereocenters. The Kier molecular flexibility index (Phi) is 14.2. The molecule has 11 rings (SSSR count). The van der Waals surface area contributed by atoms with Crippen molar-refractivity contribution in [1.82, 2.24) is 9.13 Å². The van der Waals surface area contributed by atoms with Crippen LogP contribution in [0.3, 0.4) is 0 Å². The Hall–Kier alpha value is -7.58. The van der Waals surface area contributed by atoms with Crippen LogP contribution < -0.4 is 9.47 Å². The molecule has 2 heterocycles. The molecule has 82 heavy (non-hydrogen) atoms. The van der Waals surface area contributed by atoms with Gasteiger partial charge in [0.15, 0.2) is 0 Å². The molecule has 0 aliphatic heterocycles. The van der Waals surface area contributed by atoms with Crippen molar-refractivity contribution in [1.29, 1.82) is 0 Å². The van der Waals surface area contributed by atoms with Crippen molar-refractivity contribution in [2.24, 2.45) is 11.8 Å². The highest BCUT2D eigenvalue weighted by Crippen LogP contribution is 2.48. The van der Waals surface area contributed by atoms with Gasteiger partial charge in [0.25, 0.3) is 0 Å². The fraction of sp³-hybridized carbons (Fsp3) is 0.351. The SMILES string of the molecule is Cc1cc(-c2cc(F)ccc2OCC2CCCCC2COc2ccc(F)cc2-c2cc(C)cc(-n3c4ccc(C(C)(C)C)cc4c4cc(C(C)(C)C)ccc43)c2O)c(O)c(-n2c3ccc(C(C)(C)C)cc3c3cc(C(C)(C)C)ccc32)c1. The Morgan fingerprint density at radius 1 is 0.402 bits per heavy atom. The molecule has 8 aromatic carbocycles. The summed E-state index contributed by atoms with van der Waals surface area (Å²) in [5.74, 6) is 0.312. The van der Waals surface area contributed by atoms with E-state index in [1.807, 2.05) is 38.1 Å². The van der Waals surface area contributed by atoms with Crippen molar-refractivity contribution in [3.05, 3.63) is 178 Å². The second-order valence-electron chi connectivity index (χ2n) is 27.7. The van der Waals surface area contributed by atoms with Crippen LogP contribution >= 0.6 is 0 Å². The number of rotatable bonds is 10. The molecule has 0 saturated heterocycles. The third-order valence-corrected chi connectivity index (χ3v) is 17.4. The lowest BCUT2D eigenvalue weighted by Crippen LogP contribution is -2.30. The van der Waals surface area contributed by atoms with Crippen molar-refractivity contribution in [2.75, 3.05) is 13.2 Å². The summed E-state index contributed by atoms with van der Waals surface area (Å²) in [6, 6.07) is 43.4. The number of aryl methyl sites for hydroxylation is 2. The van der Waals surface area contributed by atoms with E-state index < -0.39 is 11.6 Å². The lowest BCUT2D eigenvalue weighted by molar-refractivity contribution is 0.105. The summed E-state index contributed by atoms with van der Waals surface area (Å²) in [5, 5.41) is 29.6. The molecule has 1 aliphatic rings. The average Bonchev–Trinajstić information content (AvgIpc) is 2.22. The van der Waals surface area contributed by atoms with Gasteiger partial charge in [-0.2, -0.15) is 0 Å². The smallest absolute Gasteiger partial charge is 0.147 e. The number of benzene rings is 8. The molecule has 1 aliphatic carbocycles. The Balaban J connectivity index is 0.904. The van der Waals surface area contributed by atoms with Crippen LogP contribution in [0.1, 0.15) is 142 Å². The molecule has 0 bridgehead atoms. The fourth-order valence-electron chi connectivity index (χ4n) is 12.5. The lowest BCUT2D eigenvalue weighted by atomic mass is 9.80. The number of ether oxygens (including phenoxy) is 2. The van der Waals surface area contributed by atoms with Crippen LogP contribution in [-0.4, -0.2) is 32.6 Å². The molecule has 6 nitrogen and oxygen atoms in total. The van der Waals surface area contributed by atoms with Gasteiger partial charge in [-0.25, -0.2) is 8.78 Å². The molecule has 424 valence electrons. The van der Waals surface area contributed by atoms with Crippen LogP contribution in [0.2, 0.25) is 0 Å². The summed E-state index contributed by atoms with van der Waals surface area (Å²) in [7, 11) is 0. The van der Waals surface area contributed by atoms with Gasteiger partial charge < -0.3 is 28.8 Å². The van der Waals surface area contributed by atoms with Gasteiger partial charge in [-0.05, 0) is 203 Å². The van der Waals surface area contributed by atoms with E-state index >= 15 is 8.78 Å². The Labute approximate surface area is 483 Å². The van der Waals surface area contributed by atoms with Gasteiger partial charge in [0.1, 0.15) is 34.6 Å². The highest BCUT2D eigenvalue weighted by atomic mass is 19.1. The van der Waals surface area contributed by atoms with Crippen LogP contribution in [-0.2, 0) is 21.7 Å². The number of phenols is 2. The zero-order valence-electron chi connectivity index (χ0n) is 50.5. The molecule has 2 N–H and O–H groups in total. The van der Waals surface area contributed by atoms with E-state index in [4.69, 9.17) is 9.47 Å². The Morgan fingerprint density at radius 3 is 1.00 bits per heavy atom. The summed E-state index contributed by atoms with van der Waals surface area (Å²) in [6.45, 7) is 31.4. The number of halogens is 2. The lowest BCUT2D eigenvalue weighted by Gasteiger charge is -2.32. The quantitative estimate of drug-likeness (QED) is 0.143. The molecular formula is C74H80F2N2O4. The number of aromatic hydroxyl groups is 2. The van der Waals surface area contributed by atoms with Crippen LogP contribution in [0.25, 0.3) is 77.2 Å². The van der Waals surface area contributed by atoms with Gasteiger partial charge >= 0.3 is 0 Å². The summed E-state index contributed by atoms with van der Waals surface area (Å²) < 4.78 is 49.0. The molecule has 0 radical (unpaired) electrons. The van der Waals surface area contributed by atoms with Crippen molar-refractivity contribution in [3.63, 3.8) is 0 Å². The maximum atomic E-state index is 15.6. The molecule has 2 aromatic heterocycles. The summed E-state index contributed by atoms with van der Waals surface area (Å²) in [5.41, 5.74) is 13.4. The van der Waals surface area contributed by atoms with Crippen molar-refractivity contribution in [2.45, 2.75) is 144 Å². The molecule has 2 unspecified atom stereocenters. The van der Waals surface area contributed by atoms with Gasteiger partial charge in [-0.3, -0.25) is 0 Å². The van der Waals surface area contributed by atoms with Gasteiger partial charge in [-0.1, -0.05) is 120 Å². The van der Waals surface area contributed by atoms with Crippen molar-refractivity contribution in [3.8, 4) is 56.6 Å². The molecule has 10 aromatic rings. The third kappa shape index (κ3) is 10.5. The zero-order chi connectivity index (χ0) is 58.5. The topological polar surface area (TPSA) is 68.8 Å². The van der Waals surface area contributed by atoms with E-state index in [-0.39, 0.29) is 45.0 Å². The number of nitrogens with zero attached hydrogens (tertiary/aromatic N) is 2. The van der Waals surface area contributed by atoms with Gasteiger partial charge in [0.2, 0.25) is 0 Å². The van der Waals surface area contributed by atoms with Gasteiger partial charge in [-0.15, -0.1) is 0 Å². The summed E-state index contributed by atoms with van der Waals surface area (Å²) >= 11 is 0. The second-order valence-corrected chi connectivity index (χ2v) is 27.7. The summed E-state index contributed by atoms with van der Waals surface area (Å²) in [4.78, 5) is 0. The van der Waals surface area contributed by atoms with E-state index in [1.165, 1.54) is 46.5 Å². The zero-order valence-corrected chi connectivity index (χ0v) is 50.5. The minimum absolute atomic E-state index is 0.0323. The normalized spacial score (nSPS) is 15.6. The monoisotopic (exact) mass is 1100 g/mol. The maximum absolute atomic E-state index is 15.6. The van der Waals surface area contributed by atoms with Gasteiger partial charge in [0, 0.05) is 43.8 Å². The van der Waals surface area contributed by atoms with Crippen LogP contribution in [0.5, 0.6) is 23.0 Å². The predicted octanol–water partition coefficient (Wildman–Crippen LogP) is 20.0. The van der Waals surface area contributed by atoms with Crippen LogP contribution in [0.15, 0.2) is 133 Å². The number of hydrogen-bond acceptors (Lipinski definition) is 4. The van der Waals surface area contributed by atoms with E-state index in [2.05, 4.69) is 165 Å². The van der Waals surface area contributed by atoms with E-state index in [0.717, 1.165) is 80.4 Å². The first-order valence-corrected chi connectivity index (χ1v) is 29.4. The average molecular weight is 1100 g/mol. The first kappa shape index (κ1) is 56.3. The Bertz CT molecular complexity index is 3720. The van der Waals surface area contributed by atoms with Crippen molar-refractivity contribution >= 4 is 43.6 Å². The molecule has 0 amide bonds. The molecule has 1 fully saturated rings. The van der Waals surface area contributed by atoms with E-state index in [9.17, 15) is 10.2 Å². The first-order chi connectivity index (χ1) is 38.6. The van der Waals surface area contributed by atoms with Crippen LogP contribution in [0, 0.1) is 37.3 Å². The van der Waals surface area contributed by atoms with Crippen molar-refractivity contribution < 1.29 is 28.5 Å². The molecule has 0 spiro atoms. The number of fused-ring (bicyclic) bond motifs is 6. The number of aromatic nitrogens is 2. The maximum Gasteiger partial charge on any atom is 0.147 e. The number of hydrogen-bond donors (Lipinski definition) is 2. The van der Waals surface area contributed by atoms with E-state index in [1.54, 1.807) is 12.1 Å². The fourth-order valence-corrected chi connectivity index (χ4v) is 12.5. The van der Waals surface area contributed by atoms with E-state index in [0.29, 0.717) is 58.3 Å². The first-order valence-electron chi connectivity index (χ1n) is 29.4. The second kappa shape index (κ2) is 20.7. The molecule has 8 heteroatoms. The largest absolute Gasteiger partial charge is 0.505 e. The Morgan fingerprint density at radius 2 is 0.707 bits per heavy atom. The molecular weight excluding hydrogens is 1020 g/mol. The predicted molar refractivity (Wildman–Crippen MR) is 336 cm³/mol. The number of phenolic OH excluding ortho intramolecular Hbond substituents is 2. The minimum Gasteiger partial charge on any atom is -0.505 e. The minimum atomic E-state index is -0.434. The highest BCUT2D eigenvalue weighted by Gasteiger charge is 2.30. The molecule has 1 saturated carbocycles.